The average molecular weight is 537 g/mol. The number of nitrogens with zero attached hydrogens (tertiary/aromatic N) is 1. The Labute approximate surface area is 186 Å². The standard InChI is InChI=1S/C20H24Br2FNO5/c1-11-13(18(25)27-5)14(21)16(23)15(22)17(11)28-10-12-6-8-24(9-7-12)19(26)29-20(2,3)4/h6H,7-10H2,1-5H3. The first-order valence-electron chi connectivity index (χ1n) is 9.00. The summed E-state index contributed by atoms with van der Waals surface area (Å²) in [4.78, 5) is 25.8. The molecule has 0 saturated heterocycles. The van der Waals surface area contributed by atoms with Crippen LogP contribution in [0.4, 0.5) is 9.18 Å². The van der Waals surface area contributed by atoms with Gasteiger partial charge in [0.25, 0.3) is 0 Å². The molecule has 9 heteroatoms. The Morgan fingerprint density at radius 2 is 1.90 bits per heavy atom. The van der Waals surface area contributed by atoms with Crippen LogP contribution in [0.3, 0.4) is 0 Å². The van der Waals surface area contributed by atoms with Gasteiger partial charge in [-0.3, -0.25) is 0 Å². The summed E-state index contributed by atoms with van der Waals surface area (Å²) in [7, 11) is 1.23. The van der Waals surface area contributed by atoms with E-state index >= 15 is 0 Å². The van der Waals surface area contributed by atoms with E-state index < -0.39 is 17.4 Å². The number of hydrogen-bond acceptors (Lipinski definition) is 5. The van der Waals surface area contributed by atoms with Crippen molar-refractivity contribution in [2.45, 2.75) is 39.7 Å². The number of ether oxygens (including phenoxy) is 3. The van der Waals surface area contributed by atoms with E-state index in [1.165, 1.54) is 7.11 Å². The molecule has 1 heterocycles. The number of methoxy groups -OCH3 is 1. The first-order valence-corrected chi connectivity index (χ1v) is 10.6. The zero-order valence-corrected chi connectivity index (χ0v) is 20.2. The largest absolute Gasteiger partial charge is 0.488 e. The summed E-state index contributed by atoms with van der Waals surface area (Å²) >= 11 is 6.30. The maximum absolute atomic E-state index is 14.5. The van der Waals surface area contributed by atoms with E-state index in [0.717, 1.165) is 5.57 Å². The van der Waals surface area contributed by atoms with Crippen LogP contribution in [0, 0.1) is 12.7 Å². The van der Waals surface area contributed by atoms with Gasteiger partial charge in [0.05, 0.1) is 21.6 Å². The van der Waals surface area contributed by atoms with Crippen LogP contribution >= 0.6 is 31.9 Å². The predicted octanol–water partition coefficient (Wildman–Crippen LogP) is 5.39. The molecule has 0 unspecified atom stereocenters. The second-order valence-electron chi connectivity index (χ2n) is 7.59. The van der Waals surface area contributed by atoms with Gasteiger partial charge in [-0.1, -0.05) is 6.08 Å². The van der Waals surface area contributed by atoms with Crippen molar-refractivity contribution in [3.63, 3.8) is 0 Å². The maximum Gasteiger partial charge on any atom is 0.410 e. The van der Waals surface area contributed by atoms with Gasteiger partial charge in [-0.15, -0.1) is 0 Å². The van der Waals surface area contributed by atoms with Crippen molar-refractivity contribution in [2.75, 3.05) is 26.8 Å². The molecule has 0 atom stereocenters. The quantitative estimate of drug-likeness (QED) is 0.293. The smallest absolute Gasteiger partial charge is 0.410 e. The Morgan fingerprint density at radius 3 is 2.41 bits per heavy atom. The first kappa shape index (κ1) is 23.7. The lowest BCUT2D eigenvalue weighted by Gasteiger charge is -2.29. The van der Waals surface area contributed by atoms with E-state index in [4.69, 9.17) is 14.2 Å². The summed E-state index contributed by atoms with van der Waals surface area (Å²) < 4.78 is 30.6. The summed E-state index contributed by atoms with van der Waals surface area (Å²) in [6.45, 7) is 8.26. The highest BCUT2D eigenvalue weighted by Gasteiger charge is 2.27. The third-order valence-electron chi connectivity index (χ3n) is 4.27. The highest BCUT2D eigenvalue weighted by atomic mass is 79.9. The van der Waals surface area contributed by atoms with Gasteiger partial charge < -0.3 is 19.1 Å². The summed E-state index contributed by atoms with van der Waals surface area (Å²) in [5.41, 5.74) is 0.969. The van der Waals surface area contributed by atoms with Gasteiger partial charge in [-0.25, -0.2) is 14.0 Å². The fraction of sp³-hybridized carbons (Fsp3) is 0.500. The molecule has 0 fully saturated rings. The summed E-state index contributed by atoms with van der Waals surface area (Å²) in [5.74, 6) is -1.06. The zero-order chi connectivity index (χ0) is 21.9. The lowest BCUT2D eigenvalue weighted by atomic mass is 10.1. The van der Waals surface area contributed by atoms with Crippen molar-refractivity contribution in [1.82, 2.24) is 4.90 Å². The van der Waals surface area contributed by atoms with E-state index in [9.17, 15) is 14.0 Å². The Morgan fingerprint density at radius 1 is 1.24 bits per heavy atom. The molecule has 0 bridgehead atoms. The molecule has 0 saturated carbocycles. The molecule has 160 valence electrons. The fourth-order valence-corrected chi connectivity index (χ4v) is 4.30. The van der Waals surface area contributed by atoms with Crippen LogP contribution in [0.25, 0.3) is 0 Å². The lowest BCUT2D eigenvalue weighted by Crippen LogP contribution is -2.39. The highest BCUT2D eigenvalue weighted by Crippen LogP contribution is 2.40. The van der Waals surface area contributed by atoms with Gasteiger partial charge in [0.1, 0.15) is 18.0 Å². The molecule has 1 amide bonds. The third-order valence-corrected chi connectivity index (χ3v) is 5.72. The van der Waals surface area contributed by atoms with E-state index in [2.05, 4.69) is 31.9 Å². The minimum absolute atomic E-state index is 0.0194. The summed E-state index contributed by atoms with van der Waals surface area (Å²) in [6, 6.07) is 0. The van der Waals surface area contributed by atoms with Gasteiger partial charge in [0, 0.05) is 18.7 Å². The van der Waals surface area contributed by atoms with Crippen LogP contribution < -0.4 is 4.74 Å². The molecule has 29 heavy (non-hydrogen) atoms. The molecule has 0 spiro atoms. The van der Waals surface area contributed by atoms with Crippen LogP contribution in [-0.2, 0) is 9.47 Å². The minimum atomic E-state index is -0.657. The normalized spacial score (nSPS) is 14.3. The number of benzene rings is 1. The number of carbonyl (C=O) groups is 2. The highest BCUT2D eigenvalue weighted by molar-refractivity contribution is 9.11. The molecule has 0 aliphatic carbocycles. The number of amides is 1. The maximum atomic E-state index is 14.5. The summed E-state index contributed by atoms with van der Waals surface area (Å²) in [5, 5.41) is 0. The van der Waals surface area contributed by atoms with E-state index in [0.29, 0.717) is 25.1 Å². The Hall–Kier alpha value is -1.61. The van der Waals surface area contributed by atoms with Crippen molar-refractivity contribution in [3.05, 3.63) is 37.5 Å². The minimum Gasteiger partial charge on any atom is -0.488 e. The summed E-state index contributed by atoms with van der Waals surface area (Å²) in [6.07, 6.45) is 2.15. The predicted molar refractivity (Wildman–Crippen MR) is 114 cm³/mol. The number of hydrogen-bond donors (Lipinski definition) is 0. The van der Waals surface area contributed by atoms with Crippen LogP contribution in [-0.4, -0.2) is 49.4 Å². The number of carbonyl (C=O) groups excluding carboxylic acids is 2. The molecule has 0 radical (unpaired) electrons. The number of esters is 1. The van der Waals surface area contributed by atoms with Crippen molar-refractivity contribution >= 4 is 43.9 Å². The van der Waals surface area contributed by atoms with Crippen molar-refractivity contribution < 1.29 is 28.2 Å². The second kappa shape index (κ2) is 9.47. The van der Waals surface area contributed by atoms with E-state index in [-0.39, 0.29) is 33.0 Å². The van der Waals surface area contributed by atoms with Crippen LogP contribution in [0.2, 0.25) is 0 Å². The third kappa shape index (κ3) is 5.72. The molecule has 1 aromatic carbocycles. The zero-order valence-electron chi connectivity index (χ0n) is 17.0. The monoisotopic (exact) mass is 535 g/mol. The molecule has 0 N–H and O–H groups in total. The Bertz CT molecular complexity index is 848. The van der Waals surface area contributed by atoms with Gasteiger partial charge in [-0.2, -0.15) is 0 Å². The molecular formula is C20H24Br2FNO5. The van der Waals surface area contributed by atoms with Crippen LogP contribution in [0.15, 0.2) is 20.6 Å². The Kier molecular flexibility index (Phi) is 7.73. The average Bonchev–Trinajstić information content (AvgIpc) is 2.65. The van der Waals surface area contributed by atoms with Gasteiger partial charge in [0.15, 0.2) is 5.82 Å². The van der Waals surface area contributed by atoms with Crippen molar-refractivity contribution in [2.24, 2.45) is 0 Å². The topological polar surface area (TPSA) is 65.1 Å². The van der Waals surface area contributed by atoms with Gasteiger partial charge in [0.2, 0.25) is 0 Å². The molecule has 1 aliphatic heterocycles. The molecule has 0 aromatic heterocycles. The second-order valence-corrected chi connectivity index (χ2v) is 9.18. The van der Waals surface area contributed by atoms with Crippen LogP contribution in [0.1, 0.15) is 43.1 Å². The Balaban J connectivity index is 2.12. The molecular weight excluding hydrogens is 513 g/mol. The number of rotatable bonds is 4. The molecule has 6 nitrogen and oxygen atoms in total. The van der Waals surface area contributed by atoms with E-state index in [1.807, 2.05) is 26.8 Å². The first-order chi connectivity index (χ1) is 13.5. The lowest BCUT2D eigenvalue weighted by molar-refractivity contribution is 0.0264. The fourth-order valence-electron chi connectivity index (χ4n) is 2.76. The van der Waals surface area contributed by atoms with Crippen molar-refractivity contribution in [3.8, 4) is 5.75 Å². The molecule has 1 aliphatic rings. The van der Waals surface area contributed by atoms with Gasteiger partial charge >= 0.3 is 12.1 Å². The van der Waals surface area contributed by atoms with Crippen LogP contribution in [0.5, 0.6) is 5.75 Å². The number of halogens is 3. The van der Waals surface area contributed by atoms with Crippen molar-refractivity contribution in [1.29, 1.82) is 0 Å². The van der Waals surface area contributed by atoms with E-state index in [1.54, 1.807) is 11.8 Å². The SMILES string of the molecule is COC(=O)c1c(C)c(OCC2=CCN(C(=O)OC(C)(C)C)CC2)c(Br)c(F)c1Br. The van der Waals surface area contributed by atoms with Gasteiger partial charge in [-0.05, 0) is 71.5 Å². The molecule has 1 aromatic rings. The molecule has 2 rings (SSSR count).